The Kier molecular flexibility index (Phi) is 6.07. The Labute approximate surface area is 197 Å². The lowest BCUT2D eigenvalue weighted by Crippen LogP contribution is -2.37. The first-order valence-electron chi connectivity index (χ1n) is 11.1. The van der Waals surface area contributed by atoms with E-state index >= 15 is 0 Å². The molecule has 0 amide bonds. The van der Waals surface area contributed by atoms with Crippen LogP contribution in [0.3, 0.4) is 0 Å². The molecule has 3 aromatic carbocycles. The molecule has 2 N–H and O–H groups in total. The zero-order chi connectivity index (χ0) is 23.7. The molecule has 0 spiro atoms. The molecule has 0 unspecified atom stereocenters. The summed E-state index contributed by atoms with van der Waals surface area (Å²) in [6.45, 7) is 1.79. The fraction of sp³-hybridized carbons (Fsp3) is 0.280. The first-order chi connectivity index (χ1) is 16.4. The van der Waals surface area contributed by atoms with E-state index in [0.29, 0.717) is 49.1 Å². The molecule has 0 radical (unpaired) electrons. The maximum absolute atomic E-state index is 12.1. The SMILES string of the molecule is CS(=O)(=O)N1CCOc2ccc([C@@H](O)CNCCOc3ccc4c(c3)oc3ccccc34)cc21. The van der Waals surface area contributed by atoms with Crippen LogP contribution in [0.2, 0.25) is 0 Å². The lowest BCUT2D eigenvalue weighted by molar-refractivity contribution is 0.172. The van der Waals surface area contributed by atoms with E-state index in [1.165, 1.54) is 10.6 Å². The molecule has 5 rings (SSSR count). The van der Waals surface area contributed by atoms with Crippen molar-refractivity contribution in [3.63, 3.8) is 0 Å². The largest absolute Gasteiger partial charge is 0.492 e. The number of aliphatic hydroxyl groups is 1. The van der Waals surface area contributed by atoms with Crippen LogP contribution in [0.25, 0.3) is 21.9 Å². The molecule has 9 heteroatoms. The van der Waals surface area contributed by atoms with Crippen molar-refractivity contribution in [1.29, 1.82) is 0 Å². The van der Waals surface area contributed by atoms with E-state index in [-0.39, 0.29) is 6.54 Å². The number of para-hydroxylation sites is 1. The van der Waals surface area contributed by atoms with E-state index in [4.69, 9.17) is 13.9 Å². The molecule has 1 aliphatic rings. The number of nitrogens with one attached hydrogen (secondary N) is 1. The second-order valence-electron chi connectivity index (χ2n) is 8.24. The molecular weight excluding hydrogens is 456 g/mol. The number of anilines is 1. The number of hydrogen-bond donors (Lipinski definition) is 2. The molecule has 8 nitrogen and oxygen atoms in total. The first-order valence-corrected chi connectivity index (χ1v) is 12.9. The Balaban J connectivity index is 1.16. The van der Waals surface area contributed by atoms with Gasteiger partial charge in [-0.25, -0.2) is 8.42 Å². The summed E-state index contributed by atoms with van der Waals surface area (Å²) in [6.07, 6.45) is 0.360. The van der Waals surface area contributed by atoms with Gasteiger partial charge in [0.05, 0.1) is 24.6 Å². The van der Waals surface area contributed by atoms with Gasteiger partial charge in [0.15, 0.2) is 0 Å². The van der Waals surface area contributed by atoms with E-state index in [2.05, 4.69) is 5.32 Å². The number of benzene rings is 3. The van der Waals surface area contributed by atoms with E-state index in [9.17, 15) is 13.5 Å². The first kappa shape index (κ1) is 22.5. The molecule has 0 aliphatic carbocycles. The fourth-order valence-corrected chi connectivity index (χ4v) is 5.06. The van der Waals surface area contributed by atoms with Crippen molar-refractivity contribution >= 4 is 37.6 Å². The van der Waals surface area contributed by atoms with Gasteiger partial charge in [-0.2, -0.15) is 0 Å². The van der Waals surface area contributed by atoms with E-state index < -0.39 is 16.1 Å². The quantitative estimate of drug-likeness (QED) is 0.371. The third-order valence-corrected chi connectivity index (χ3v) is 7.00. The van der Waals surface area contributed by atoms with Gasteiger partial charge in [0, 0.05) is 29.9 Å². The number of hydrogen-bond acceptors (Lipinski definition) is 7. The standard InChI is InChI=1S/C25H26N2O6S/c1-34(29,30)27-11-13-32-24-9-6-17(14-21(24)27)22(28)16-26-10-12-31-18-7-8-20-19-4-2-3-5-23(19)33-25(20)15-18/h2-9,14-15,22,26,28H,10-13,16H2,1H3/t22-/m0/s1. The predicted octanol–water partition coefficient (Wildman–Crippen LogP) is 3.45. The van der Waals surface area contributed by atoms with Crippen LogP contribution in [-0.2, 0) is 10.0 Å². The van der Waals surface area contributed by atoms with Crippen molar-refractivity contribution in [2.75, 3.05) is 43.4 Å². The van der Waals surface area contributed by atoms with E-state index in [1.54, 1.807) is 18.2 Å². The number of rotatable bonds is 8. The third kappa shape index (κ3) is 4.54. The molecule has 1 aliphatic heterocycles. The number of furan rings is 1. The Morgan fingerprint density at radius 1 is 1.09 bits per heavy atom. The highest BCUT2D eigenvalue weighted by atomic mass is 32.2. The van der Waals surface area contributed by atoms with Gasteiger partial charge in [0.25, 0.3) is 0 Å². The lowest BCUT2D eigenvalue weighted by Gasteiger charge is -2.30. The summed E-state index contributed by atoms with van der Waals surface area (Å²) in [5.41, 5.74) is 2.69. The molecule has 4 aromatic rings. The van der Waals surface area contributed by atoms with Gasteiger partial charge in [-0.15, -0.1) is 0 Å². The second-order valence-corrected chi connectivity index (χ2v) is 10.1. The van der Waals surface area contributed by atoms with Gasteiger partial charge in [-0.1, -0.05) is 24.3 Å². The van der Waals surface area contributed by atoms with Crippen molar-refractivity contribution in [3.05, 3.63) is 66.2 Å². The maximum Gasteiger partial charge on any atom is 0.232 e. The van der Waals surface area contributed by atoms with Crippen LogP contribution in [-0.4, -0.2) is 52.6 Å². The number of nitrogens with zero attached hydrogens (tertiary/aromatic N) is 1. The Bertz CT molecular complexity index is 1430. The van der Waals surface area contributed by atoms with Crippen molar-refractivity contribution in [1.82, 2.24) is 5.32 Å². The van der Waals surface area contributed by atoms with Gasteiger partial charge in [0.1, 0.15) is 35.9 Å². The number of aliphatic hydroxyl groups excluding tert-OH is 1. The van der Waals surface area contributed by atoms with Crippen LogP contribution in [0.4, 0.5) is 5.69 Å². The minimum Gasteiger partial charge on any atom is -0.492 e. The average Bonchev–Trinajstić information content (AvgIpc) is 3.20. The Hall–Kier alpha value is -3.27. The molecule has 178 valence electrons. The Morgan fingerprint density at radius 2 is 1.91 bits per heavy atom. The van der Waals surface area contributed by atoms with Crippen molar-refractivity contribution in [2.45, 2.75) is 6.10 Å². The van der Waals surface area contributed by atoms with Crippen LogP contribution in [0, 0.1) is 0 Å². The predicted molar refractivity (Wildman–Crippen MR) is 131 cm³/mol. The summed E-state index contributed by atoms with van der Waals surface area (Å²) < 4.78 is 42.8. The summed E-state index contributed by atoms with van der Waals surface area (Å²) in [6, 6.07) is 18.8. The van der Waals surface area contributed by atoms with Gasteiger partial charge < -0.3 is 24.3 Å². The summed E-state index contributed by atoms with van der Waals surface area (Å²) in [7, 11) is -3.42. The molecular formula is C25H26N2O6S. The van der Waals surface area contributed by atoms with Crippen molar-refractivity contribution < 1.29 is 27.4 Å². The van der Waals surface area contributed by atoms with Gasteiger partial charge in [-0.05, 0) is 35.9 Å². The molecule has 34 heavy (non-hydrogen) atoms. The normalized spacial score (nSPS) is 14.7. The minimum atomic E-state index is -3.42. The summed E-state index contributed by atoms with van der Waals surface area (Å²) in [4.78, 5) is 0. The number of ether oxygens (including phenoxy) is 2. The van der Waals surface area contributed by atoms with Crippen LogP contribution in [0.5, 0.6) is 11.5 Å². The molecule has 0 saturated heterocycles. The third-order valence-electron chi connectivity index (χ3n) is 5.82. The zero-order valence-electron chi connectivity index (χ0n) is 18.7. The molecule has 0 saturated carbocycles. The monoisotopic (exact) mass is 482 g/mol. The molecule has 2 heterocycles. The Morgan fingerprint density at radius 3 is 2.76 bits per heavy atom. The fourth-order valence-electron chi connectivity index (χ4n) is 4.16. The van der Waals surface area contributed by atoms with Gasteiger partial charge in [0.2, 0.25) is 10.0 Å². The van der Waals surface area contributed by atoms with E-state index in [1.807, 2.05) is 42.5 Å². The molecule has 1 atom stereocenters. The highest BCUT2D eigenvalue weighted by molar-refractivity contribution is 7.92. The maximum atomic E-state index is 12.1. The molecule has 0 bridgehead atoms. The number of fused-ring (bicyclic) bond motifs is 4. The summed E-state index contributed by atoms with van der Waals surface area (Å²) >= 11 is 0. The average molecular weight is 483 g/mol. The number of sulfonamides is 1. The van der Waals surface area contributed by atoms with Crippen LogP contribution < -0.4 is 19.1 Å². The summed E-state index contributed by atoms with van der Waals surface area (Å²) in [5.74, 6) is 1.21. The smallest absolute Gasteiger partial charge is 0.232 e. The highest BCUT2D eigenvalue weighted by Gasteiger charge is 2.26. The van der Waals surface area contributed by atoms with Gasteiger partial charge >= 0.3 is 0 Å². The van der Waals surface area contributed by atoms with Gasteiger partial charge in [-0.3, -0.25) is 4.31 Å². The van der Waals surface area contributed by atoms with Crippen molar-refractivity contribution in [2.24, 2.45) is 0 Å². The van der Waals surface area contributed by atoms with Crippen LogP contribution >= 0.6 is 0 Å². The highest BCUT2D eigenvalue weighted by Crippen LogP contribution is 2.35. The lowest BCUT2D eigenvalue weighted by atomic mass is 10.1. The van der Waals surface area contributed by atoms with Crippen molar-refractivity contribution in [3.8, 4) is 11.5 Å². The van der Waals surface area contributed by atoms with Crippen LogP contribution in [0.15, 0.2) is 65.1 Å². The van der Waals surface area contributed by atoms with Crippen LogP contribution in [0.1, 0.15) is 11.7 Å². The zero-order valence-corrected chi connectivity index (χ0v) is 19.5. The summed E-state index contributed by atoms with van der Waals surface area (Å²) in [5, 5.41) is 15.9. The minimum absolute atomic E-state index is 0.251. The molecule has 0 fully saturated rings. The van der Waals surface area contributed by atoms with E-state index in [0.717, 1.165) is 21.9 Å². The second kappa shape index (κ2) is 9.17. The molecule has 1 aromatic heterocycles. The topological polar surface area (TPSA) is 101 Å².